The first-order valence-electron chi connectivity index (χ1n) is 6.91. The van der Waals surface area contributed by atoms with E-state index in [0.29, 0.717) is 6.04 Å². The van der Waals surface area contributed by atoms with Crippen LogP contribution in [-0.2, 0) is 6.42 Å². The van der Waals surface area contributed by atoms with Crippen molar-refractivity contribution in [3.05, 3.63) is 35.4 Å². The lowest BCUT2D eigenvalue weighted by Gasteiger charge is -2.15. The summed E-state index contributed by atoms with van der Waals surface area (Å²) in [6.45, 7) is 9.12. The summed E-state index contributed by atoms with van der Waals surface area (Å²) in [7, 11) is 0. The number of hydrogen-bond acceptors (Lipinski definition) is 1. The van der Waals surface area contributed by atoms with E-state index in [-0.39, 0.29) is 0 Å². The minimum atomic E-state index is 0.484. The molecule has 1 N–H and O–H groups in total. The minimum absolute atomic E-state index is 0.484. The van der Waals surface area contributed by atoms with E-state index in [1.54, 1.807) is 0 Å². The lowest BCUT2D eigenvalue weighted by molar-refractivity contribution is 0.551. The Hall–Kier alpha value is -0.820. The van der Waals surface area contributed by atoms with Gasteiger partial charge >= 0.3 is 0 Å². The predicted molar refractivity (Wildman–Crippen MR) is 74.1 cm³/mol. The van der Waals surface area contributed by atoms with Gasteiger partial charge in [-0.1, -0.05) is 45.0 Å². The van der Waals surface area contributed by atoms with Gasteiger partial charge in [0.15, 0.2) is 0 Å². The molecule has 1 aromatic carbocycles. The smallest absolute Gasteiger partial charge is 0.0294 e. The zero-order valence-electron chi connectivity index (χ0n) is 11.5. The summed E-state index contributed by atoms with van der Waals surface area (Å²) in [6, 6.07) is 10.4. The van der Waals surface area contributed by atoms with Crippen LogP contribution in [0, 0.1) is 11.8 Å². The van der Waals surface area contributed by atoms with Gasteiger partial charge < -0.3 is 5.32 Å². The third kappa shape index (κ3) is 3.57. The molecule has 3 unspecified atom stereocenters. The Morgan fingerprint density at radius 3 is 2.24 bits per heavy atom. The number of rotatable bonds is 5. The zero-order valence-corrected chi connectivity index (χ0v) is 11.5. The maximum atomic E-state index is 3.68. The van der Waals surface area contributed by atoms with E-state index in [1.807, 2.05) is 0 Å². The molecule has 0 aromatic heterocycles. The highest BCUT2D eigenvalue weighted by Gasteiger charge is 2.33. The van der Waals surface area contributed by atoms with Crippen LogP contribution in [0.25, 0.3) is 0 Å². The van der Waals surface area contributed by atoms with E-state index in [2.05, 4.69) is 57.3 Å². The molecule has 1 saturated carbocycles. The zero-order chi connectivity index (χ0) is 12.4. The maximum absolute atomic E-state index is 3.68. The monoisotopic (exact) mass is 231 g/mol. The molecule has 1 nitrogen and oxygen atoms in total. The van der Waals surface area contributed by atoms with Gasteiger partial charge in [-0.3, -0.25) is 0 Å². The SMILES string of the molecule is CC(C)Cc1ccc(C(C)NC2CC2C)cc1. The normalized spacial score (nSPS) is 25.0. The summed E-state index contributed by atoms with van der Waals surface area (Å²) >= 11 is 0. The van der Waals surface area contributed by atoms with Crippen molar-refractivity contribution in [2.24, 2.45) is 11.8 Å². The molecule has 1 aromatic rings. The Kier molecular flexibility index (Phi) is 3.88. The maximum Gasteiger partial charge on any atom is 0.0294 e. The van der Waals surface area contributed by atoms with Crippen LogP contribution in [0.15, 0.2) is 24.3 Å². The first-order valence-corrected chi connectivity index (χ1v) is 6.91. The highest BCUT2D eigenvalue weighted by atomic mass is 15.0. The Bertz CT molecular complexity index is 352. The molecule has 3 atom stereocenters. The molecule has 17 heavy (non-hydrogen) atoms. The average molecular weight is 231 g/mol. The first kappa shape index (κ1) is 12.6. The van der Waals surface area contributed by atoms with Gasteiger partial charge in [-0.25, -0.2) is 0 Å². The molecule has 1 heteroatoms. The van der Waals surface area contributed by atoms with Gasteiger partial charge in [0.2, 0.25) is 0 Å². The van der Waals surface area contributed by atoms with Crippen LogP contribution in [0.5, 0.6) is 0 Å². The molecule has 0 aliphatic heterocycles. The van der Waals surface area contributed by atoms with E-state index in [9.17, 15) is 0 Å². The molecule has 2 rings (SSSR count). The van der Waals surface area contributed by atoms with Crippen molar-refractivity contribution < 1.29 is 0 Å². The number of hydrogen-bond donors (Lipinski definition) is 1. The van der Waals surface area contributed by atoms with Gasteiger partial charge in [-0.15, -0.1) is 0 Å². The standard InChI is InChI=1S/C16H25N/c1-11(2)9-14-5-7-15(8-6-14)13(4)17-16-10-12(16)3/h5-8,11-13,16-17H,9-10H2,1-4H3. The fourth-order valence-electron chi connectivity index (χ4n) is 2.39. The minimum Gasteiger partial charge on any atom is -0.307 e. The van der Waals surface area contributed by atoms with Crippen molar-refractivity contribution in [3.63, 3.8) is 0 Å². The third-order valence-electron chi connectivity index (χ3n) is 3.70. The molecule has 94 valence electrons. The van der Waals surface area contributed by atoms with E-state index in [4.69, 9.17) is 0 Å². The van der Waals surface area contributed by atoms with Crippen LogP contribution >= 0.6 is 0 Å². The first-order chi connectivity index (χ1) is 8.06. The van der Waals surface area contributed by atoms with Gasteiger partial charge in [0.1, 0.15) is 0 Å². The van der Waals surface area contributed by atoms with Crippen molar-refractivity contribution in [3.8, 4) is 0 Å². The van der Waals surface area contributed by atoms with Crippen LogP contribution < -0.4 is 5.32 Å². The van der Waals surface area contributed by atoms with Crippen LogP contribution in [0.2, 0.25) is 0 Å². The lowest BCUT2D eigenvalue weighted by atomic mass is 10.00. The summed E-state index contributed by atoms with van der Waals surface area (Å²) in [6.07, 6.45) is 2.53. The molecule has 1 aliphatic rings. The highest BCUT2D eigenvalue weighted by Crippen LogP contribution is 2.31. The molecule has 0 heterocycles. The summed E-state index contributed by atoms with van der Waals surface area (Å²) < 4.78 is 0. The van der Waals surface area contributed by atoms with Gasteiger partial charge in [0.05, 0.1) is 0 Å². The molecule has 1 fully saturated rings. The van der Waals surface area contributed by atoms with Gasteiger partial charge in [0.25, 0.3) is 0 Å². The quantitative estimate of drug-likeness (QED) is 0.809. The van der Waals surface area contributed by atoms with E-state index in [1.165, 1.54) is 24.0 Å². The Balaban J connectivity index is 1.92. The Morgan fingerprint density at radius 1 is 1.18 bits per heavy atom. The summed E-state index contributed by atoms with van der Waals surface area (Å²) in [5.74, 6) is 1.61. The second-order valence-corrected chi connectivity index (χ2v) is 6.05. The second kappa shape index (κ2) is 5.22. The van der Waals surface area contributed by atoms with Crippen molar-refractivity contribution in [2.75, 3.05) is 0 Å². The molecule has 0 bridgehead atoms. The third-order valence-corrected chi connectivity index (χ3v) is 3.70. The Morgan fingerprint density at radius 2 is 1.76 bits per heavy atom. The van der Waals surface area contributed by atoms with Crippen molar-refractivity contribution in [1.82, 2.24) is 5.32 Å². The second-order valence-electron chi connectivity index (χ2n) is 6.05. The topological polar surface area (TPSA) is 12.0 Å². The molecule has 0 amide bonds. The van der Waals surface area contributed by atoms with Crippen molar-refractivity contribution >= 4 is 0 Å². The van der Waals surface area contributed by atoms with Crippen LogP contribution in [-0.4, -0.2) is 6.04 Å². The van der Waals surface area contributed by atoms with Gasteiger partial charge in [-0.05, 0) is 42.7 Å². The molecular weight excluding hydrogens is 206 g/mol. The fraction of sp³-hybridized carbons (Fsp3) is 0.625. The average Bonchev–Trinajstić information content (AvgIpc) is 2.94. The van der Waals surface area contributed by atoms with Crippen LogP contribution in [0.3, 0.4) is 0 Å². The molecular formula is C16H25N. The van der Waals surface area contributed by atoms with Crippen LogP contribution in [0.1, 0.15) is 51.3 Å². The molecule has 0 radical (unpaired) electrons. The highest BCUT2D eigenvalue weighted by molar-refractivity contribution is 5.25. The van der Waals surface area contributed by atoms with E-state index < -0.39 is 0 Å². The number of benzene rings is 1. The lowest BCUT2D eigenvalue weighted by Crippen LogP contribution is -2.21. The summed E-state index contributed by atoms with van der Waals surface area (Å²) in [5, 5.41) is 3.68. The van der Waals surface area contributed by atoms with Crippen LogP contribution in [0.4, 0.5) is 0 Å². The van der Waals surface area contributed by atoms with E-state index in [0.717, 1.165) is 17.9 Å². The van der Waals surface area contributed by atoms with Crippen molar-refractivity contribution in [1.29, 1.82) is 0 Å². The molecule has 0 saturated heterocycles. The predicted octanol–water partition coefficient (Wildman–Crippen LogP) is 3.94. The van der Waals surface area contributed by atoms with Gasteiger partial charge in [-0.2, -0.15) is 0 Å². The summed E-state index contributed by atoms with van der Waals surface area (Å²) in [4.78, 5) is 0. The van der Waals surface area contributed by atoms with E-state index >= 15 is 0 Å². The van der Waals surface area contributed by atoms with Gasteiger partial charge in [0, 0.05) is 12.1 Å². The molecule has 1 aliphatic carbocycles. The number of nitrogens with one attached hydrogen (secondary N) is 1. The Labute approximate surface area is 106 Å². The largest absolute Gasteiger partial charge is 0.307 e. The fourth-order valence-corrected chi connectivity index (χ4v) is 2.39. The molecule has 0 spiro atoms. The summed E-state index contributed by atoms with van der Waals surface area (Å²) in [5.41, 5.74) is 2.87. The van der Waals surface area contributed by atoms with Crippen molar-refractivity contribution in [2.45, 2.75) is 52.6 Å².